The van der Waals surface area contributed by atoms with Gasteiger partial charge in [0.2, 0.25) is 5.95 Å². The van der Waals surface area contributed by atoms with E-state index in [1.165, 1.54) is 14.2 Å². The molecule has 1 N–H and O–H groups in total. The van der Waals surface area contributed by atoms with Crippen LogP contribution in [0.5, 0.6) is 12.0 Å². The third-order valence-corrected chi connectivity index (χ3v) is 1.77. The van der Waals surface area contributed by atoms with E-state index in [-0.39, 0.29) is 12.0 Å². The van der Waals surface area contributed by atoms with Crippen LogP contribution in [-0.2, 0) is 4.74 Å². The van der Waals surface area contributed by atoms with Crippen molar-refractivity contribution in [2.24, 2.45) is 0 Å². The van der Waals surface area contributed by atoms with Crippen LogP contribution in [0.1, 0.15) is 6.42 Å². The number of hydrogen-bond acceptors (Lipinski definition) is 7. The first-order valence-corrected chi connectivity index (χ1v) is 4.87. The molecule has 0 radical (unpaired) electrons. The summed E-state index contributed by atoms with van der Waals surface area (Å²) < 4.78 is 14.8. The summed E-state index contributed by atoms with van der Waals surface area (Å²) in [7, 11) is 4.64. The number of ether oxygens (including phenoxy) is 3. The van der Waals surface area contributed by atoms with Gasteiger partial charge in [0.1, 0.15) is 0 Å². The number of methoxy groups -OCH3 is 3. The summed E-state index contributed by atoms with van der Waals surface area (Å²) >= 11 is 0. The summed E-state index contributed by atoms with van der Waals surface area (Å²) in [5.74, 6) is 0.430. The SMILES string of the molecule is COCCCNc1nc(OC)nc(OC)n1. The second-order valence-corrected chi connectivity index (χ2v) is 2.91. The van der Waals surface area contributed by atoms with Gasteiger partial charge in [-0.15, -0.1) is 4.98 Å². The fraction of sp³-hybridized carbons (Fsp3) is 0.667. The fourth-order valence-corrected chi connectivity index (χ4v) is 1.02. The average molecular weight is 228 g/mol. The van der Waals surface area contributed by atoms with E-state index >= 15 is 0 Å². The smallest absolute Gasteiger partial charge is 0.324 e. The maximum absolute atomic E-state index is 4.93. The van der Waals surface area contributed by atoms with Crippen LogP contribution in [0.4, 0.5) is 5.95 Å². The summed E-state index contributed by atoms with van der Waals surface area (Å²) in [5, 5.41) is 3.03. The molecule has 1 heterocycles. The van der Waals surface area contributed by atoms with E-state index in [2.05, 4.69) is 20.3 Å². The molecule has 0 spiro atoms. The van der Waals surface area contributed by atoms with E-state index in [1.54, 1.807) is 7.11 Å². The maximum Gasteiger partial charge on any atom is 0.324 e. The third-order valence-electron chi connectivity index (χ3n) is 1.77. The van der Waals surface area contributed by atoms with E-state index < -0.39 is 0 Å². The minimum Gasteiger partial charge on any atom is -0.467 e. The van der Waals surface area contributed by atoms with Gasteiger partial charge in [-0.1, -0.05) is 0 Å². The van der Waals surface area contributed by atoms with E-state index in [1.807, 2.05) is 0 Å². The lowest BCUT2D eigenvalue weighted by molar-refractivity contribution is 0.197. The molecule has 0 aliphatic carbocycles. The van der Waals surface area contributed by atoms with Crippen molar-refractivity contribution < 1.29 is 14.2 Å². The first kappa shape index (κ1) is 12.4. The molecule has 0 aliphatic rings. The molecular formula is C9H16N4O3. The Morgan fingerprint density at radius 2 is 1.62 bits per heavy atom. The van der Waals surface area contributed by atoms with Crippen molar-refractivity contribution >= 4 is 5.95 Å². The first-order valence-electron chi connectivity index (χ1n) is 4.87. The molecule has 0 fully saturated rings. The van der Waals surface area contributed by atoms with Crippen molar-refractivity contribution in [3.05, 3.63) is 0 Å². The predicted molar refractivity (Wildman–Crippen MR) is 57.9 cm³/mol. The van der Waals surface area contributed by atoms with Crippen LogP contribution >= 0.6 is 0 Å². The van der Waals surface area contributed by atoms with Crippen LogP contribution < -0.4 is 14.8 Å². The number of aromatic nitrogens is 3. The van der Waals surface area contributed by atoms with Gasteiger partial charge in [0.15, 0.2) is 0 Å². The van der Waals surface area contributed by atoms with Crippen LogP contribution in [-0.4, -0.2) is 49.4 Å². The Labute approximate surface area is 94.2 Å². The topological polar surface area (TPSA) is 78.4 Å². The van der Waals surface area contributed by atoms with Gasteiger partial charge in [0.05, 0.1) is 14.2 Å². The van der Waals surface area contributed by atoms with Crippen LogP contribution in [0.2, 0.25) is 0 Å². The highest BCUT2D eigenvalue weighted by atomic mass is 16.5. The highest BCUT2D eigenvalue weighted by Gasteiger charge is 2.05. The molecule has 0 atom stereocenters. The average Bonchev–Trinajstić information content (AvgIpc) is 2.34. The van der Waals surface area contributed by atoms with Gasteiger partial charge in [0, 0.05) is 20.3 Å². The summed E-state index contributed by atoms with van der Waals surface area (Å²) in [6.07, 6.45) is 0.868. The molecule has 0 aliphatic heterocycles. The van der Waals surface area contributed by atoms with Crippen LogP contribution in [0.25, 0.3) is 0 Å². The second-order valence-electron chi connectivity index (χ2n) is 2.91. The highest BCUT2D eigenvalue weighted by molar-refractivity contribution is 5.27. The zero-order valence-corrected chi connectivity index (χ0v) is 9.69. The van der Waals surface area contributed by atoms with Gasteiger partial charge in [-0.3, -0.25) is 0 Å². The Kier molecular flexibility index (Phi) is 5.27. The number of nitrogens with zero attached hydrogens (tertiary/aromatic N) is 3. The molecule has 0 unspecified atom stereocenters. The monoisotopic (exact) mass is 228 g/mol. The molecule has 7 nitrogen and oxygen atoms in total. The highest BCUT2D eigenvalue weighted by Crippen LogP contribution is 2.11. The first-order chi connectivity index (χ1) is 7.80. The molecule has 16 heavy (non-hydrogen) atoms. The number of rotatable bonds is 7. The zero-order chi connectivity index (χ0) is 11.8. The second kappa shape index (κ2) is 6.78. The third kappa shape index (κ3) is 3.85. The maximum atomic E-state index is 4.93. The molecule has 0 saturated carbocycles. The van der Waals surface area contributed by atoms with Gasteiger partial charge in [-0.2, -0.15) is 9.97 Å². The van der Waals surface area contributed by atoms with E-state index in [0.29, 0.717) is 19.1 Å². The molecule has 0 amide bonds. The van der Waals surface area contributed by atoms with Crippen LogP contribution in [0, 0.1) is 0 Å². The number of anilines is 1. The summed E-state index contributed by atoms with van der Waals surface area (Å²) in [6, 6.07) is 0.446. The lowest BCUT2D eigenvalue weighted by Crippen LogP contribution is -2.09. The van der Waals surface area contributed by atoms with Gasteiger partial charge in [-0.05, 0) is 6.42 Å². The van der Waals surface area contributed by atoms with Gasteiger partial charge in [0.25, 0.3) is 0 Å². The Hall–Kier alpha value is -1.63. The van der Waals surface area contributed by atoms with Crippen LogP contribution in [0.15, 0.2) is 0 Å². The minimum absolute atomic E-state index is 0.223. The molecular weight excluding hydrogens is 212 g/mol. The van der Waals surface area contributed by atoms with Gasteiger partial charge < -0.3 is 19.5 Å². The van der Waals surface area contributed by atoms with Crippen molar-refractivity contribution in [2.45, 2.75) is 6.42 Å². The molecule has 0 saturated heterocycles. The molecule has 90 valence electrons. The molecule has 1 aromatic heterocycles. The fourth-order valence-electron chi connectivity index (χ4n) is 1.02. The number of hydrogen-bond donors (Lipinski definition) is 1. The predicted octanol–water partition coefficient (Wildman–Crippen LogP) is 0.337. The Morgan fingerprint density at radius 1 is 1.00 bits per heavy atom. The standard InChI is InChI=1S/C9H16N4O3/c1-14-6-4-5-10-7-11-8(15-2)13-9(12-7)16-3/h4-6H2,1-3H3,(H,10,11,12,13). The quantitative estimate of drug-likeness (QED) is 0.674. The van der Waals surface area contributed by atoms with Crippen LogP contribution in [0.3, 0.4) is 0 Å². The Bertz CT molecular complexity index is 299. The molecule has 0 aromatic carbocycles. The number of nitrogens with one attached hydrogen (secondary N) is 1. The Morgan fingerprint density at radius 3 is 2.12 bits per heavy atom. The van der Waals surface area contributed by atoms with Crippen molar-refractivity contribution in [1.29, 1.82) is 0 Å². The normalized spacial score (nSPS) is 9.94. The van der Waals surface area contributed by atoms with E-state index in [0.717, 1.165) is 6.42 Å². The van der Waals surface area contributed by atoms with Gasteiger partial charge in [-0.25, -0.2) is 0 Å². The molecule has 1 rings (SSSR count). The molecule has 7 heteroatoms. The molecule has 0 bridgehead atoms. The largest absolute Gasteiger partial charge is 0.467 e. The van der Waals surface area contributed by atoms with Crippen molar-refractivity contribution in [3.63, 3.8) is 0 Å². The zero-order valence-electron chi connectivity index (χ0n) is 9.69. The molecule has 1 aromatic rings. The van der Waals surface area contributed by atoms with Crippen molar-refractivity contribution in [3.8, 4) is 12.0 Å². The van der Waals surface area contributed by atoms with E-state index in [9.17, 15) is 0 Å². The summed E-state index contributed by atoms with van der Waals surface area (Å²) in [4.78, 5) is 11.9. The lowest BCUT2D eigenvalue weighted by atomic mass is 10.4. The van der Waals surface area contributed by atoms with Crippen molar-refractivity contribution in [2.75, 3.05) is 39.8 Å². The van der Waals surface area contributed by atoms with E-state index in [4.69, 9.17) is 14.2 Å². The minimum atomic E-state index is 0.223. The van der Waals surface area contributed by atoms with Gasteiger partial charge >= 0.3 is 12.0 Å². The summed E-state index contributed by atoms with van der Waals surface area (Å²) in [6.45, 7) is 1.40. The summed E-state index contributed by atoms with van der Waals surface area (Å²) in [5.41, 5.74) is 0. The lowest BCUT2D eigenvalue weighted by Gasteiger charge is -2.06. The van der Waals surface area contributed by atoms with Crippen molar-refractivity contribution in [1.82, 2.24) is 15.0 Å². The Balaban J connectivity index is 2.57.